The van der Waals surface area contributed by atoms with Crippen LogP contribution in [-0.4, -0.2) is 58.9 Å². The molecule has 2 aromatic heterocycles. The van der Waals surface area contributed by atoms with Crippen molar-refractivity contribution in [3.8, 4) is 5.69 Å². The summed E-state index contributed by atoms with van der Waals surface area (Å²) in [4.78, 5) is 49.8. The molecule has 10 nitrogen and oxygen atoms in total. The third-order valence-electron chi connectivity index (χ3n) is 5.80. The molecule has 3 rings (SSSR count). The highest BCUT2D eigenvalue weighted by Crippen LogP contribution is 2.24. The second-order valence-corrected chi connectivity index (χ2v) is 8.04. The number of carbonyl (C=O) groups is 4. The zero-order chi connectivity index (χ0) is 26.0. The molecule has 3 aromatic rings. The lowest BCUT2D eigenvalue weighted by Gasteiger charge is -2.13. The molecule has 2 heterocycles. The van der Waals surface area contributed by atoms with E-state index in [-0.39, 0.29) is 11.1 Å². The second kappa shape index (κ2) is 9.96. The van der Waals surface area contributed by atoms with Gasteiger partial charge in [0.15, 0.2) is 6.61 Å². The minimum atomic E-state index is -0.622. The molecule has 0 spiro atoms. The fourth-order valence-electron chi connectivity index (χ4n) is 4.00. The molecule has 0 radical (unpaired) electrons. The van der Waals surface area contributed by atoms with E-state index in [1.165, 1.54) is 20.3 Å². The Morgan fingerprint density at radius 1 is 0.829 bits per heavy atom. The SMILES string of the molecule is COC(=O)c1cc(C(=O)OC)cc(-n2c(C)cc(C(=O)COC(=O)c3c(C)nn(C)c3C)c2C)c1. The van der Waals surface area contributed by atoms with E-state index >= 15 is 0 Å². The standard InChI is InChI=1S/C25H27N3O7/c1-13-8-20(21(29)12-35-25(32)22-14(2)26-27(5)16(22)4)15(3)28(13)19-10-17(23(30)33-6)9-18(11-19)24(31)34-7/h8-11H,12H2,1-7H3. The van der Waals surface area contributed by atoms with Crippen LogP contribution in [-0.2, 0) is 21.3 Å². The average molecular weight is 482 g/mol. The van der Waals surface area contributed by atoms with Crippen molar-refractivity contribution in [3.05, 3.63) is 69.3 Å². The molecule has 35 heavy (non-hydrogen) atoms. The molecule has 10 heteroatoms. The monoisotopic (exact) mass is 481 g/mol. The van der Waals surface area contributed by atoms with Gasteiger partial charge < -0.3 is 18.8 Å². The summed E-state index contributed by atoms with van der Waals surface area (Å²) in [5, 5.41) is 4.19. The van der Waals surface area contributed by atoms with E-state index < -0.39 is 30.3 Å². The number of nitrogens with zero attached hydrogens (tertiary/aromatic N) is 3. The van der Waals surface area contributed by atoms with Crippen molar-refractivity contribution in [2.75, 3.05) is 20.8 Å². The molecule has 184 valence electrons. The fourth-order valence-corrected chi connectivity index (χ4v) is 4.00. The normalized spacial score (nSPS) is 10.7. The van der Waals surface area contributed by atoms with Crippen LogP contribution in [0.25, 0.3) is 5.69 Å². The molecule has 0 atom stereocenters. The number of methoxy groups -OCH3 is 2. The number of carbonyl (C=O) groups excluding carboxylic acids is 4. The number of hydrogen-bond acceptors (Lipinski definition) is 8. The molecule has 0 bridgehead atoms. The number of ether oxygens (including phenoxy) is 3. The first-order chi connectivity index (χ1) is 16.5. The summed E-state index contributed by atoms with van der Waals surface area (Å²) < 4.78 is 18.2. The highest BCUT2D eigenvalue weighted by atomic mass is 16.5. The van der Waals surface area contributed by atoms with E-state index in [1.807, 2.05) is 0 Å². The van der Waals surface area contributed by atoms with Gasteiger partial charge in [-0.3, -0.25) is 9.48 Å². The Hall–Kier alpha value is -4.21. The van der Waals surface area contributed by atoms with Crippen LogP contribution in [0.1, 0.15) is 64.2 Å². The van der Waals surface area contributed by atoms with Crippen LogP contribution >= 0.6 is 0 Å². The third kappa shape index (κ3) is 4.86. The first-order valence-electron chi connectivity index (χ1n) is 10.7. The van der Waals surface area contributed by atoms with Crippen LogP contribution in [0.3, 0.4) is 0 Å². The van der Waals surface area contributed by atoms with Gasteiger partial charge in [0.25, 0.3) is 0 Å². The molecular formula is C25H27N3O7. The van der Waals surface area contributed by atoms with E-state index in [9.17, 15) is 19.2 Å². The third-order valence-corrected chi connectivity index (χ3v) is 5.80. The number of aromatic nitrogens is 3. The molecule has 0 aliphatic rings. The zero-order valence-corrected chi connectivity index (χ0v) is 20.7. The molecule has 0 unspecified atom stereocenters. The maximum Gasteiger partial charge on any atom is 0.342 e. The summed E-state index contributed by atoms with van der Waals surface area (Å²) in [6.07, 6.45) is 0. The van der Waals surface area contributed by atoms with Crippen molar-refractivity contribution in [2.45, 2.75) is 27.7 Å². The van der Waals surface area contributed by atoms with Gasteiger partial charge in [0.05, 0.1) is 31.0 Å². The first kappa shape index (κ1) is 25.4. The molecule has 0 N–H and O–H groups in total. The average Bonchev–Trinajstić information content (AvgIpc) is 3.28. The number of ketones is 1. The van der Waals surface area contributed by atoms with Crippen molar-refractivity contribution in [1.82, 2.24) is 14.3 Å². The van der Waals surface area contributed by atoms with E-state index in [0.717, 1.165) is 0 Å². The van der Waals surface area contributed by atoms with Gasteiger partial charge in [-0.25, -0.2) is 14.4 Å². The molecular weight excluding hydrogens is 454 g/mol. The molecule has 0 amide bonds. The predicted molar refractivity (Wildman–Crippen MR) is 125 cm³/mol. The van der Waals surface area contributed by atoms with Gasteiger partial charge in [0, 0.05) is 35.4 Å². The number of esters is 3. The van der Waals surface area contributed by atoms with Gasteiger partial charge in [-0.15, -0.1) is 0 Å². The smallest absolute Gasteiger partial charge is 0.342 e. The highest BCUT2D eigenvalue weighted by molar-refractivity contribution is 6.01. The van der Waals surface area contributed by atoms with Crippen LogP contribution in [0.15, 0.2) is 24.3 Å². The Labute approximate surface area is 202 Å². The van der Waals surface area contributed by atoms with Gasteiger partial charge in [-0.2, -0.15) is 5.10 Å². The van der Waals surface area contributed by atoms with Gasteiger partial charge in [-0.05, 0) is 52.0 Å². The van der Waals surface area contributed by atoms with Crippen molar-refractivity contribution >= 4 is 23.7 Å². The lowest BCUT2D eigenvalue weighted by Crippen LogP contribution is -2.16. The van der Waals surface area contributed by atoms with Gasteiger partial charge >= 0.3 is 17.9 Å². The van der Waals surface area contributed by atoms with Crippen LogP contribution in [0.2, 0.25) is 0 Å². The summed E-state index contributed by atoms with van der Waals surface area (Å²) >= 11 is 0. The fraction of sp³-hybridized carbons (Fsp3) is 0.320. The van der Waals surface area contributed by atoms with Crippen molar-refractivity contribution < 1.29 is 33.4 Å². The van der Waals surface area contributed by atoms with Crippen molar-refractivity contribution in [3.63, 3.8) is 0 Å². The molecule has 0 aliphatic carbocycles. The number of Topliss-reactive ketones (excluding diaryl/α,β-unsaturated/α-hetero) is 1. The van der Waals surface area contributed by atoms with Crippen LogP contribution in [0.4, 0.5) is 0 Å². The lowest BCUT2D eigenvalue weighted by molar-refractivity contribution is 0.0472. The largest absolute Gasteiger partial charge is 0.465 e. The maximum atomic E-state index is 13.0. The molecule has 1 aromatic carbocycles. The Balaban J connectivity index is 1.93. The van der Waals surface area contributed by atoms with E-state index in [0.29, 0.717) is 39.6 Å². The maximum absolute atomic E-state index is 13.0. The van der Waals surface area contributed by atoms with Crippen LogP contribution in [0, 0.1) is 27.7 Å². The van der Waals surface area contributed by atoms with E-state index in [2.05, 4.69) is 5.10 Å². The van der Waals surface area contributed by atoms with Gasteiger partial charge in [-0.1, -0.05) is 0 Å². The Morgan fingerprint density at radius 2 is 1.40 bits per heavy atom. The van der Waals surface area contributed by atoms with Gasteiger partial charge in [0.2, 0.25) is 5.78 Å². The summed E-state index contributed by atoms with van der Waals surface area (Å²) in [6, 6.07) is 6.15. The first-order valence-corrected chi connectivity index (χ1v) is 10.7. The molecule has 0 saturated heterocycles. The Kier molecular flexibility index (Phi) is 7.23. The quantitative estimate of drug-likeness (QED) is 0.287. The lowest BCUT2D eigenvalue weighted by atomic mass is 10.1. The molecule has 0 fully saturated rings. The molecule has 0 aliphatic heterocycles. The number of rotatable bonds is 7. The van der Waals surface area contributed by atoms with Crippen LogP contribution < -0.4 is 0 Å². The summed E-state index contributed by atoms with van der Waals surface area (Å²) in [5.74, 6) is -2.26. The van der Waals surface area contributed by atoms with Crippen LogP contribution in [0.5, 0.6) is 0 Å². The number of benzene rings is 1. The summed E-state index contributed by atoms with van der Waals surface area (Å²) in [7, 11) is 4.21. The predicted octanol–water partition coefficient (Wildman–Crippen LogP) is 3.06. The number of aryl methyl sites for hydroxylation is 3. The Morgan fingerprint density at radius 3 is 1.89 bits per heavy atom. The Bertz CT molecular complexity index is 1310. The minimum absolute atomic E-state index is 0.155. The summed E-state index contributed by atoms with van der Waals surface area (Å²) in [5.41, 5.74) is 3.85. The topological polar surface area (TPSA) is 119 Å². The highest BCUT2D eigenvalue weighted by Gasteiger charge is 2.23. The second-order valence-electron chi connectivity index (χ2n) is 8.04. The zero-order valence-electron chi connectivity index (χ0n) is 20.7. The van der Waals surface area contributed by atoms with E-state index in [4.69, 9.17) is 14.2 Å². The van der Waals surface area contributed by atoms with Gasteiger partial charge in [0.1, 0.15) is 5.56 Å². The number of hydrogen-bond donors (Lipinski definition) is 0. The van der Waals surface area contributed by atoms with E-state index in [1.54, 1.807) is 62.2 Å². The molecule has 0 saturated carbocycles. The minimum Gasteiger partial charge on any atom is -0.465 e. The van der Waals surface area contributed by atoms with Crippen molar-refractivity contribution in [2.24, 2.45) is 7.05 Å². The summed E-state index contributed by atoms with van der Waals surface area (Å²) in [6.45, 7) is 6.49. The van der Waals surface area contributed by atoms with Crippen molar-refractivity contribution in [1.29, 1.82) is 0 Å².